The zero-order valence-corrected chi connectivity index (χ0v) is 16.3. The number of rotatable bonds is 2. The van der Waals surface area contributed by atoms with Gasteiger partial charge in [0.1, 0.15) is 5.82 Å². The fraction of sp³-hybridized carbons (Fsp3) is 0.412. The highest BCUT2D eigenvalue weighted by atomic mass is 79.9. The zero-order valence-electron chi connectivity index (χ0n) is 13.9. The highest BCUT2D eigenvalue weighted by Crippen LogP contribution is 2.28. The fourth-order valence-corrected chi connectivity index (χ4v) is 4.22. The van der Waals surface area contributed by atoms with Crippen molar-refractivity contribution in [3.05, 3.63) is 49.4 Å². The molecule has 0 atom stereocenters. The summed E-state index contributed by atoms with van der Waals surface area (Å²) in [6, 6.07) is 3.99. The van der Waals surface area contributed by atoms with Crippen LogP contribution >= 0.6 is 27.3 Å². The molecule has 0 radical (unpaired) electrons. The summed E-state index contributed by atoms with van der Waals surface area (Å²) in [5, 5.41) is 0. The van der Waals surface area contributed by atoms with Crippen LogP contribution in [0.5, 0.6) is 0 Å². The highest BCUT2D eigenvalue weighted by molar-refractivity contribution is 9.10. The zero-order chi connectivity index (χ0) is 17.4. The van der Waals surface area contributed by atoms with E-state index in [0.717, 1.165) is 12.2 Å². The summed E-state index contributed by atoms with van der Waals surface area (Å²) in [7, 11) is 0. The van der Waals surface area contributed by atoms with E-state index in [1.807, 2.05) is 11.5 Å². The Morgan fingerprint density at radius 3 is 2.57 bits per heavy atom. The largest absolute Gasteiger partial charge is 0.321 e. The van der Waals surface area contributed by atoms with Gasteiger partial charge in [-0.05, 0) is 53.4 Å². The van der Waals surface area contributed by atoms with Gasteiger partial charge in [-0.15, -0.1) is 11.3 Å². The summed E-state index contributed by atoms with van der Waals surface area (Å²) in [6.45, 7) is 11.3. The van der Waals surface area contributed by atoms with Gasteiger partial charge in [0.2, 0.25) is 0 Å². The van der Waals surface area contributed by atoms with Crippen molar-refractivity contribution in [2.75, 3.05) is 0 Å². The van der Waals surface area contributed by atoms with Gasteiger partial charge in [-0.25, -0.2) is 4.39 Å². The molecule has 23 heavy (non-hydrogen) atoms. The topological polar surface area (TPSA) is 34.4 Å². The number of carbonyl (C=O) groups excluding carboxylic acids is 1. The maximum absolute atomic E-state index is 13.2. The number of carbonyl (C=O) groups is 1. The van der Waals surface area contributed by atoms with Crippen molar-refractivity contribution in [1.82, 2.24) is 4.57 Å². The van der Waals surface area contributed by atoms with Crippen molar-refractivity contribution >= 4 is 33.2 Å². The van der Waals surface area contributed by atoms with E-state index in [1.54, 1.807) is 0 Å². The van der Waals surface area contributed by atoms with E-state index in [9.17, 15) is 9.18 Å². The molecule has 1 heterocycles. The highest BCUT2D eigenvalue weighted by Gasteiger charge is 2.22. The summed E-state index contributed by atoms with van der Waals surface area (Å²) in [5.41, 5.74) is 1.49. The molecule has 2 rings (SSSR count). The van der Waals surface area contributed by atoms with E-state index in [-0.39, 0.29) is 17.1 Å². The second-order valence-electron chi connectivity index (χ2n) is 6.33. The minimum absolute atomic E-state index is 0.00105. The average Bonchev–Trinajstić information content (AvgIpc) is 2.74. The summed E-state index contributed by atoms with van der Waals surface area (Å²) >= 11 is 4.76. The molecular formula is C17H20BrFN2OS. The Labute approximate surface area is 148 Å². The first-order valence-corrected chi connectivity index (χ1v) is 9.01. The third-order valence-corrected chi connectivity index (χ3v) is 5.78. The van der Waals surface area contributed by atoms with Crippen LogP contribution in [0.4, 0.5) is 4.39 Å². The van der Waals surface area contributed by atoms with Crippen molar-refractivity contribution in [3.63, 3.8) is 0 Å². The van der Waals surface area contributed by atoms with E-state index >= 15 is 0 Å². The second kappa shape index (κ2) is 6.69. The van der Waals surface area contributed by atoms with Crippen LogP contribution in [0.2, 0.25) is 0 Å². The number of nitrogens with zero attached hydrogens (tertiary/aromatic N) is 2. The lowest BCUT2D eigenvalue weighted by Crippen LogP contribution is -2.17. The molecule has 1 aromatic heterocycles. The number of aromatic nitrogens is 1. The summed E-state index contributed by atoms with van der Waals surface area (Å²) in [5.74, 6) is -0.764. The molecule has 1 aromatic carbocycles. The molecule has 0 saturated carbocycles. The third kappa shape index (κ3) is 3.80. The predicted octanol–water partition coefficient (Wildman–Crippen LogP) is 4.82. The number of hydrogen-bond acceptors (Lipinski definition) is 2. The summed E-state index contributed by atoms with van der Waals surface area (Å²) in [6.07, 6.45) is 0. The normalized spacial score (nSPS) is 12.7. The number of halogens is 2. The lowest BCUT2D eigenvalue weighted by Gasteiger charge is -2.17. The third-order valence-electron chi connectivity index (χ3n) is 3.51. The van der Waals surface area contributed by atoms with Gasteiger partial charge in [-0.2, -0.15) is 4.99 Å². The molecule has 0 N–H and O–H groups in total. The smallest absolute Gasteiger partial charge is 0.280 e. The van der Waals surface area contributed by atoms with Crippen LogP contribution in [-0.2, 0) is 12.0 Å². The molecule has 0 spiro atoms. The number of benzene rings is 1. The van der Waals surface area contributed by atoms with E-state index in [2.05, 4.69) is 48.6 Å². The molecule has 0 aliphatic carbocycles. The van der Waals surface area contributed by atoms with Crippen molar-refractivity contribution in [2.45, 2.75) is 46.6 Å². The maximum atomic E-state index is 13.2. The van der Waals surface area contributed by atoms with Gasteiger partial charge in [0.25, 0.3) is 5.91 Å². The van der Waals surface area contributed by atoms with Crippen LogP contribution in [-0.4, -0.2) is 10.5 Å². The molecule has 124 valence electrons. The van der Waals surface area contributed by atoms with Gasteiger partial charge in [-0.3, -0.25) is 4.79 Å². The van der Waals surface area contributed by atoms with Crippen LogP contribution in [0.1, 0.15) is 48.6 Å². The van der Waals surface area contributed by atoms with Crippen molar-refractivity contribution < 1.29 is 9.18 Å². The molecule has 0 aliphatic rings. The van der Waals surface area contributed by atoms with Gasteiger partial charge < -0.3 is 4.57 Å². The van der Waals surface area contributed by atoms with Gasteiger partial charge in [0.05, 0.1) is 5.56 Å². The Balaban J connectivity index is 2.57. The number of thiazole rings is 1. The SMILES string of the molecule is CCn1c(C)c(C(C)(C)C)sc1=NC(=O)c1ccc(F)cc1Br. The van der Waals surface area contributed by atoms with Crippen LogP contribution in [0, 0.1) is 12.7 Å². The van der Waals surface area contributed by atoms with Crippen LogP contribution in [0.3, 0.4) is 0 Å². The molecule has 0 unspecified atom stereocenters. The minimum atomic E-state index is -0.390. The first-order chi connectivity index (χ1) is 10.6. The second-order valence-corrected chi connectivity index (χ2v) is 8.17. The lowest BCUT2D eigenvalue weighted by atomic mass is 9.93. The molecule has 1 amide bonds. The average molecular weight is 399 g/mol. The van der Waals surface area contributed by atoms with Crippen LogP contribution < -0.4 is 4.80 Å². The van der Waals surface area contributed by atoms with Crippen LogP contribution in [0.15, 0.2) is 27.7 Å². The van der Waals surface area contributed by atoms with Gasteiger partial charge in [0.15, 0.2) is 4.80 Å². The molecule has 2 aromatic rings. The van der Waals surface area contributed by atoms with Gasteiger partial charge in [-0.1, -0.05) is 20.8 Å². The van der Waals surface area contributed by atoms with Crippen molar-refractivity contribution in [3.8, 4) is 0 Å². The van der Waals surface area contributed by atoms with Gasteiger partial charge in [0, 0.05) is 21.6 Å². The van der Waals surface area contributed by atoms with E-state index < -0.39 is 0 Å². The maximum Gasteiger partial charge on any atom is 0.280 e. The minimum Gasteiger partial charge on any atom is -0.321 e. The number of hydrogen-bond donors (Lipinski definition) is 0. The molecule has 0 bridgehead atoms. The first kappa shape index (κ1) is 18.1. The molecule has 0 fully saturated rings. The summed E-state index contributed by atoms with van der Waals surface area (Å²) < 4.78 is 15.6. The van der Waals surface area contributed by atoms with E-state index in [1.165, 1.54) is 34.4 Å². The number of amides is 1. The Bertz CT molecular complexity index is 815. The predicted molar refractivity (Wildman–Crippen MR) is 95.4 cm³/mol. The molecule has 6 heteroatoms. The van der Waals surface area contributed by atoms with Crippen LogP contribution in [0.25, 0.3) is 0 Å². The Kier molecular flexibility index (Phi) is 5.26. The summed E-state index contributed by atoms with van der Waals surface area (Å²) in [4.78, 5) is 18.6. The Morgan fingerprint density at radius 2 is 2.04 bits per heavy atom. The Morgan fingerprint density at radius 1 is 1.39 bits per heavy atom. The van der Waals surface area contributed by atoms with E-state index in [4.69, 9.17) is 0 Å². The monoisotopic (exact) mass is 398 g/mol. The molecule has 0 aliphatic heterocycles. The molecular weight excluding hydrogens is 379 g/mol. The quantitative estimate of drug-likeness (QED) is 0.713. The van der Waals surface area contributed by atoms with E-state index in [0.29, 0.717) is 14.8 Å². The van der Waals surface area contributed by atoms with Crippen molar-refractivity contribution in [1.29, 1.82) is 0 Å². The Hall–Kier alpha value is -1.27. The fourth-order valence-electron chi connectivity index (χ4n) is 2.45. The molecule has 0 saturated heterocycles. The van der Waals surface area contributed by atoms with Crippen molar-refractivity contribution in [2.24, 2.45) is 4.99 Å². The molecule has 3 nitrogen and oxygen atoms in total. The first-order valence-electron chi connectivity index (χ1n) is 7.40. The standard InChI is InChI=1S/C17H20BrFN2OS/c1-6-21-10(2)14(17(3,4)5)23-16(21)20-15(22)12-8-7-11(19)9-13(12)18/h7-9H,6H2,1-5H3. The lowest BCUT2D eigenvalue weighted by molar-refractivity contribution is 0.0997. The van der Waals surface area contributed by atoms with Gasteiger partial charge >= 0.3 is 0 Å².